The molecule has 0 unspecified atom stereocenters. The number of nitrogens with two attached hydrogens (primary N) is 1. The highest BCUT2D eigenvalue weighted by molar-refractivity contribution is 5.93. The summed E-state index contributed by atoms with van der Waals surface area (Å²) in [5.74, 6) is -1.03. The number of nitrogen functional groups attached to an aromatic ring is 1. The average Bonchev–Trinajstić information content (AvgIpc) is 2.39. The zero-order valence-corrected chi connectivity index (χ0v) is 9.93. The van der Waals surface area contributed by atoms with Crippen LogP contribution >= 0.6 is 0 Å². The first-order valence-electron chi connectivity index (χ1n) is 5.52. The van der Waals surface area contributed by atoms with Crippen molar-refractivity contribution in [1.82, 2.24) is 10.3 Å². The van der Waals surface area contributed by atoms with E-state index in [2.05, 4.69) is 10.3 Å². The maximum absolute atomic E-state index is 12.9. The highest BCUT2D eigenvalue weighted by Crippen LogP contribution is 2.19. The normalized spacial score (nSPS) is 10.2. The molecular formula is C13H12FN3O2. The number of phenols is 1. The molecule has 2 rings (SSSR count). The molecule has 1 heterocycles. The molecule has 1 aromatic heterocycles. The van der Waals surface area contributed by atoms with Crippen LogP contribution in [0.1, 0.15) is 15.9 Å². The Morgan fingerprint density at radius 3 is 2.89 bits per heavy atom. The van der Waals surface area contributed by atoms with E-state index in [9.17, 15) is 14.3 Å². The Hall–Kier alpha value is -2.63. The van der Waals surface area contributed by atoms with Crippen molar-refractivity contribution < 1.29 is 14.3 Å². The number of carbonyl (C=O) groups is 1. The van der Waals surface area contributed by atoms with Gasteiger partial charge in [-0.2, -0.15) is 0 Å². The van der Waals surface area contributed by atoms with E-state index < -0.39 is 11.7 Å². The van der Waals surface area contributed by atoms with Crippen molar-refractivity contribution in [2.75, 3.05) is 5.73 Å². The van der Waals surface area contributed by atoms with Gasteiger partial charge in [-0.25, -0.2) is 4.39 Å². The molecule has 2 aromatic rings. The van der Waals surface area contributed by atoms with Crippen LogP contribution in [0.25, 0.3) is 0 Å². The van der Waals surface area contributed by atoms with Gasteiger partial charge in [0.2, 0.25) is 0 Å². The number of hydrogen-bond acceptors (Lipinski definition) is 4. The van der Waals surface area contributed by atoms with Gasteiger partial charge in [0.05, 0.1) is 11.8 Å². The Balaban J connectivity index is 2.06. The third kappa shape index (κ3) is 3.19. The zero-order chi connectivity index (χ0) is 13.8. The van der Waals surface area contributed by atoms with Crippen LogP contribution in [-0.2, 0) is 6.54 Å². The third-order valence-electron chi connectivity index (χ3n) is 2.51. The number of aromatic hydroxyl groups is 1. The molecule has 6 heteroatoms. The zero-order valence-electron chi connectivity index (χ0n) is 9.93. The molecule has 0 atom stereocenters. The number of rotatable bonds is 3. The quantitative estimate of drug-likeness (QED) is 0.576. The Morgan fingerprint density at radius 2 is 2.16 bits per heavy atom. The lowest BCUT2D eigenvalue weighted by molar-refractivity contribution is 0.0950. The minimum absolute atomic E-state index is 0.0341. The van der Waals surface area contributed by atoms with E-state index >= 15 is 0 Å². The summed E-state index contributed by atoms with van der Waals surface area (Å²) in [6, 6.07) is 5.64. The highest BCUT2D eigenvalue weighted by Gasteiger charge is 2.08. The monoisotopic (exact) mass is 261 g/mol. The first kappa shape index (κ1) is 12.8. The van der Waals surface area contributed by atoms with Crippen LogP contribution < -0.4 is 11.1 Å². The van der Waals surface area contributed by atoms with Crippen LogP contribution in [0.15, 0.2) is 36.7 Å². The van der Waals surface area contributed by atoms with Crippen molar-refractivity contribution in [1.29, 1.82) is 0 Å². The second-order valence-corrected chi connectivity index (χ2v) is 3.96. The van der Waals surface area contributed by atoms with E-state index in [1.165, 1.54) is 12.3 Å². The van der Waals surface area contributed by atoms with Crippen molar-refractivity contribution in [2.45, 2.75) is 6.54 Å². The minimum atomic E-state index is -0.584. The molecule has 0 aliphatic rings. The number of nitrogens with one attached hydrogen (secondary N) is 1. The predicted molar refractivity (Wildman–Crippen MR) is 67.9 cm³/mol. The fourth-order valence-corrected chi connectivity index (χ4v) is 1.56. The fourth-order valence-electron chi connectivity index (χ4n) is 1.56. The van der Waals surface area contributed by atoms with Gasteiger partial charge in [-0.3, -0.25) is 9.78 Å². The molecule has 4 N–H and O–H groups in total. The number of phenolic OH excluding ortho intramolecular Hbond substituents is 1. The van der Waals surface area contributed by atoms with E-state index in [4.69, 9.17) is 5.73 Å². The van der Waals surface area contributed by atoms with Gasteiger partial charge in [-0.1, -0.05) is 0 Å². The lowest BCUT2D eigenvalue weighted by atomic mass is 10.1. The van der Waals surface area contributed by atoms with Crippen LogP contribution in [0.4, 0.5) is 10.1 Å². The average molecular weight is 261 g/mol. The van der Waals surface area contributed by atoms with Gasteiger partial charge < -0.3 is 16.2 Å². The lowest BCUT2D eigenvalue weighted by Gasteiger charge is -2.07. The molecule has 0 spiro atoms. The number of carbonyl (C=O) groups excluding carboxylic acids is 1. The molecule has 0 saturated heterocycles. The summed E-state index contributed by atoms with van der Waals surface area (Å²) in [6.45, 7) is 0.0895. The second-order valence-electron chi connectivity index (χ2n) is 3.96. The first-order valence-corrected chi connectivity index (χ1v) is 5.52. The number of amides is 1. The maximum atomic E-state index is 12.9. The van der Waals surface area contributed by atoms with Gasteiger partial charge in [0.25, 0.3) is 5.91 Å². The van der Waals surface area contributed by atoms with Crippen molar-refractivity contribution in [3.63, 3.8) is 0 Å². The van der Waals surface area contributed by atoms with Gasteiger partial charge >= 0.3 is 0 Å². The van der Waals surface area contributed by atoms with Crippen molar-refractivity contribution >= 4 is 11.6 Å². The summed E-state index contributed by atoms with van der Waals surface area (Å²) in [5.41, 5.74) is 6.66. The van der Waals surface area contributed by atoms with Crippen LogP contribution in [0, 0.1) is 5.82 Å². The topological polar surface area (TPSA) is 88.2 Å². The number of hydrogen-bond donors (Lipinski definition) is 3. The van der Waals surface area contributed by atoms with Crippen LogP contribution in [-0.4, -0.2) is 16.0 Å². The van der Waals surface area contributed by atoms with Gasteiger partial charge in [-0.05, 0) is 24.3 Å². The summed E-state index contributed by atoms with van der Waals surface area (Å²) in [4.78, 5) is 15.3. The molecule has 0 aliphatic carbocycles. The number of anilines is 1. The summed E-state index contributed by atoms with van der Waals surface area (Å²) in [5, 5.41) is 12.1. The maximum Gasteiger partial charge on any atom is 0.253 e. The van der Waals surface area contributed by atoms with Crippen molar-refractivity contribution in [3.8, 4) is 5.75 Å². The van der Waals surface area contributed by atoms with Crippen LogP contribution in [0.3, 0.4) is 0 Å². The highest BCUT2D eigenvalue weighted by atomic mass is 19.1. The largest absolute Gasteiger partial charge is 0.508 e. The number of benzene rings is 1. The number of halogens is 1. The molecule has 5 nitrogen and oxygen atoms in total. The molecule has 1 aromatic carbocycles. The SMILES string of the molecule is Nc1ccc(O)c(CNC(=O)c2cncc(F)c2)c1. The van der Waals surface area contributed by atoms with Gasteiger partial charge in [-0.15, -0.1) is 0 Å². The van der Waals surface area contributed by atoms with Gasteiger partial charge in [0.1, 0.15) is 11.6 Å². The molecule has 0 saturated carbocycles. The molecule has 0 aliphatic heterocycles. The standard InChI is InChI=1S/C13H12FN3O2/c14-10-3-9(5-16-7-10)13(19)17-6-8-4-11(15)1-2-12(8)18/h1-5,7,18H,6,15H2,(H,17,19). The molecule has 1 amide bonds. The molecule has 98 valence electrons. The molecule has 0 fully saturated rings. The van der Waals surface area contributed by atoms with E-state index in [1.807, 2.05) is 0 Å². The van der Waals surface area contributed by atoms with E-state index in [0.717, 1.165) is 12.3 Å². The van der Waals surface area contributed by atoms with E-state index in [1.54, 1.807) is 12.1 Å². The minimum Gasteiger partial charge on any atom is -0.508 e. The summed E-state index contributed by atoms with van der Waals surface area (Å²) in [7, 11) is 0. The van der Waals surface area contributed by atoms with E-state index in [0.29, 0.717) is 11.3 Å². The number of aromatic nitrogens is 1. The van der Waals surface area contributed by atoms with Crippen LogP contribution in [0.2, 0.25) is 0 Å². The van der Waals surface area contributed by atoms with E-state index in [-0.39, 0.29) is 17.9 Å². The predicted octanol–water partition coefficient (Wildman–Crippen LogP) is 1.44. The Kier molecular flexibility index (Phi) is 3.61. The Morgan fingerprint density at radius 1 is 1.37 bits per heavy atom. The summed E-state index contributed by atoms with van der Waals surface area (Å²) >= 11 is 0. The lowest BCUT2D eigenvalue weighted by Crippen LogP contribution is -2.23. The van der Waals surface area contributed by atoms with Crippen molar-refractivity contribution in [2.24, 2.45) is 0 Å². The van der Waals surface area contributed by atoms with Gasteiger partial charge in [0, 0.05) is 24.0 Å². The summed E-state index contributed by atoms with van der Waals surface area (Å²) in [6.07, 6.45) is 2.28. The first-order chi connectivity index (χ1) is 9.06. The van der Waals surface area contributed by atoms with Gasteiger partial charge in [0.15, 0.2) is 0 Å². The second kappa shape index (κ2) is 5.34. The molecular weight excluding hydrogens is 249 g/mol. The number of pyridine rings is 1. The number of nitrogens with zero attached hydrogens (tertiary/aromatic N) is 1. The fraction of sp³-hybridized carbons (Fsp3) is 0.0769. The Bertz CT molecular complexity index is 617. The summed E-state index contributed by atoms with van der Waals surface area (Å²) < 4.78 is 12.9. The smallest absolute Gasteiger partial charge is 0.253 e. The molecule has 19 heavy (non-hydrogen) atoms. The Labute approximate surface area is 108 Å². The van der Waals surface area contributed by atoms with Crippen LogP contribution in [0.5, 0.6) is 5.75 Å². The molecule has 0 bridgehead atoms. The van der Waals surface area contributed by atoms with Crippen molar-refractivity contribution in [3.05, 3.63) is 53.6 Å². The third-order valence-corrected chi connectivity index (χ3v) is 2.51. The molecule has 0 radical (unpaired) electrons.